The predicted molar refractivity (Wildman–Crippen MR) is 129 cm³/mol. The maximum Gasteiger partial charge on any atom is 0.407 e. The molecule has 1 saturated carbocycles. The van der Waals surface area contributed by atoms with Crippen molar-refractivity contribution in [2.75, 3.05) is 19.7 Å². The predicted octanol–water partition coefficient (Wildman–Crippen LogP) is 4.55. The number of nitrogens with one attached hydrogen (secondary N) is 1. The first kappa shape index (κ1) is 23.8. The van der Waals surface area contributed by atoms with E-state index in [-0.39, 0.29) is 31.4 Å². The van der Waals surface area contributed by atoms with Gasteiger partial charge in [0.15, 0.2) is 0 Å². The van der Waals surface area contributed by atoms with Crippen LogP contribution in [0.1, 0.15) is 62.5 Å². The number of alkyl carbamates (subject to hydrolysis) is 1. The van der Waals surface area contributed by atoms with Crippen LogP contribution in [0.3, 0.4) is 0 Å². The molecule has 7 nitrogen and oxygen atoms in total. The smallest absolute Gasteiger partial charge is 0.407 e. The molecule has 0 saturated heterocycles. The highest BCUT2D eigenvalue weighted by molar-refractivity contribution is 5.83. The lowest BCUT2D eigenvalue weighted by molar-refractivity contribution is -0.145. The first-order valence-corrected chi connectivity index (χ1v) is 12.1. The summed E-state index contributed by atoms with van der Waals surface area (Å²) in [4.78, 5) is 38.4. The van der Waals surface area contributed by atoms with Crippen LogP contribution in [0.4, 0.5) is 4.79 Å². The second-order valence-electron chi connectivity index (χ2n) is 9.32. The van der Waals surface area contributed by atoms with E-state index in [1.165, 1.54) is 16.0 Å². The molecule has 2 aliphatic carbocycles. The van der Waals surface area contributed by atoms with E-state index < -0.39 is 17.6 Å². The zero-order valence-electron chi connectivity index (χ0n) is 19.6. The molecule has 0 bridgehead atoms. The Balaban J connectivity index is 1.42. The number of nitrogens with zero attached hydrogens (tertiary/aromatic N) is 1. The topological polar surface area (TPSA) is 95.9 Å². The van der Waals surface area contributed by atoms with E-state index in [1.807, 2.05) is 31.2 Å². The molecule has 34 heavy (non-hydrogen) atoms. The summed E-state index contributed by atoms with van der Waals surface area (Å²) in [6, 6.07) is 16.3. The van der Waals surface area contributed by atoms with Crippen molar-refractivity contribution in [3.63, 3.8) is 0 Å². The summed E-state index contributed by atoms with van der Waals surface area (Å²) in [5.41, 5.74) is 3.93. The molecule has 0 unspecified atom stereocenters. The highest BCUT2D eigenvalue weighted by Gasteiger charge is 2.39. The third-order valence-electron chi connectivity index (χ3n) is 6.93. The molecule has 4 rings (SSSR count). The molecule has 0 atom stereocenters. The van der Waals surface area contributed by atoms with Crippen molar-refractivity contribution in [1.82, 2.24) is 10.2 Å². The number of carbonyl (C=O) groups excluding carboxylic acids is 2. The Hall–Kier alpha value is -3.35. The number of hydrogen-bond donors (Lipinski definition) is 2. The van der Waals surface area contributed by atoms with Crippen LogP contribution >= 0.6 is 0 Å². The van der Waals surface area contributed by atoms with Crippen molar-refractivity contribution in [1.29, 1.82) is 0 Å². The lowest BCUT2D eigenvalue weighted by Crippen LogP contribution is -2.51. The number of amides is 2. The summed E-state index contributed by atoms with van der Waals surface area (Å²) >= 11 is 0. The number of benzene rings is 2. The number of fused-ring (bicyclic) bond motifs is 3. The van der Waals surface area contributed by atoms with Crippen LogP contribution in [0, 0.1) is 0 Å². The van der Waals surface area contributed by atoms with Gasteiger partial charge in [-0.25, -0.2) is 4.79 Å². The molecule has 2 aromatic carbocycles. The molecule has 2 aliphatic rings. The van der Waals surface area contributed by atoms with Crippen LogP contribution in [0.15, 0.2) is 48.5 Å². The molecule has 0 radical (unpaired) electrons. The molecule has 2 aromatic rings. The molecule has 180 valence electrons. The summed E-state index contributed by atoms with van der Waals surface area (Å²) in [6.07, 6.45) is 3.40. The summed E-state index contributed by atoms with van der Waals surface area (Å²) in [7, 11) is 0. The Kier molecular flexibility index (Phi) is 7.20. The van der Waals surface area contributed by atoms with E-state index in [0.29, 0.717) is 25.8 Å². The number of carboxylic acids is 1. The number of ether oxygens (including phenoxy) is 1. The van der Waals surface area contributed by atoms with Gasteiger partial charge in [0.2, 0.25) is 5.91 Å². The fourth-order valence-electron chi connectivity index (χ4n) is 5.38. The van der Waals surface area contributed by atoms with E-state index in [9.17, 15) is 14.4 Å². The SMILES string of the molecule is CCCN(CC(=O)O)C(=O)CC1(NC(=O)OCC2c3ccccc3-c3ccccc32)CCCC1. The van der Waals surface area contributed by atoms with Crippen LogP contribution in [0.25, 0.3) is 11.1 Å². The van der Waals surface area contributed by atoms with Crippen molar-refractivity contribution in [3.8, 4) is 11.1 Å². The van der Waals surface area contributed by atoms with Gasteiger partial charge >= 0.3 is 12.1 Å². The maximum absolute atomic E-state index is 12.9. The zero-order chi connectivity index (χ0) is 24.1. The number of hydrogen-bond acceptors (Lipinski definition) is 4. The van der Waals surface area contributed by atoms with Crippen molar-refractivity contribution in [2.45, 2.75) is 56.9 Å². The van der Waals surface area contributed by atoms with E-state index >= 15 is 0 Å². The fourth-order valence-corrected chi connectivity index (χ4v) is 5.38. The van der Waals surface area contributed by atoms with Gasteiger partial charge in [0.25, 0.3) is 0 Å². The number of rotatable bonds is 9. The number of aliphatic carboxylic acids is 1. The van der Waals surface area contributed by atoms with Crippen molar-refractivity contribution >= 4 is 18.0 Å². The monoisotopic (exact) mass is 464 g/mol. The van der Waals surface area contributed by atoms with Gasteiger partial charge in [0, 0.05) is 12.5 Å². The average Bonchev–Trinajstić information content (AvgIpc) is 3.39. The third kappa shape index (κ3) is 5.08. The molecule has 2 amide bonds. The summed E-state index contributed by atoms with van der Waals surface area (Å²) in [5.74, 6) is -1.31. The van der Waals surface area contributed by atoms with E-state index in [2.05, 4.69) is 29.6 Å². The van der Waals surface area contributed by atoms with Gasteiger partial charge in [0.05, 0.1) is 12.0 Å². The molecular formula is C27H32N2O5. The van der Waals surface area contributed by atoms with Gasteiger partial charge < -0.3 is 20.1 Å². The Morgan fingerprint density at radius 3 is 2.18 bits per heavy atom. The molecule has 0 aliphatic heterocycles. The molecule has 0 heterocycles. The Labute approximate surface area is 200 Å². The fraction of sp³-hybridized carbons (Fsp3) is 0.444. The van der Waals surface area contributed by atoms with Gasteiger partial charge in [-0.1, -0.05) is 68.3 Å². The maximum atomic E-state index is 12.9. The lowest BCUT2D eigenvalue weighted by atomic mass is 9.92. The molecule has 7 heteroatoms. The second-order valence-corrected chi connectivity index (χ2v) is 9.32. The molecule has 2 N–H and O–H groups in total. The minimum Gasteiger partial charge on any atom is -0.480 e. The first-order chi connectivity index (χ1) is 16.4. The van der Waals surface area contributed by atoms with Crippen molar-refractivity contribution < 1.29 is 24.2 Å². The highest BCUT2D eigenvalue weighted by atomic mass is 16.5. The van der Waals surface area contributed by atoms with Gasteiger partial charge in [-0.2, -0.15) is 0 Å². The van der Waals surface area contributed by atoms with Crippen LogP contribution < -0.4 is 5.32 Å². The molecule has 0 aromatic heterocycles. The van der Waals surface area contributed by atoms with Crippen molar-refractivity contribution in [3.05, 3.63) is 59.7 Å². The third-order valence-corrected chi connectivity index (χ3v) is 6.93. The largest absolute Gasteiger partial charge is 0.480 e. The minimum absolute atomic E-state index is 0.0325. The summed E-state index contributed by atoms with van der Waals surface area (Å²) < 4.78 is 5.71. The Morgan fingerprint density at radius 1 is 1.03 bits per heavy atom. The Morgan fingerprint density at radius 2 is 1.62 bits per heavy atom. The lowest BCUT2D eigenvalue weighted by Gasteiger charge is -2.32. The molecule has 0 spiro atoms. The summed E-state index contributed by atoms with van der Waals surface area (Å²) in [6.45, 7) is 2.17. The molecule has 1 fully saturated rings. The standard InChI is InChI=1S/C27H32N2O5/c1-2-15-29(17-25(31)32)24(30)16-27(13-7-8-14-27)28-26(33)34-18-23-21-11-5-3-9-19(21)20-10-4-6-12-22(20)23/h3-6,9-12,23H,2,7-8,13-18H2,1H3,(H,28,33)(H,31,32). The Bertz CT molecular complexity index is 1010. The normalized spacial score (nSPS) is 15.9. The van der Waals surface area contributed by atoms with E-state index in [0.717, 1.165) is 24.0 Å². The molecular weight excluding hydrogens is 432 g/mol. The quantitative estimate of drug-likeness (QED) is 0.568. The number of carboxylic acid groups (broad SMARTS) is 1. The van der Waals surface area contributed by atoms with Gasteiger partial charge in [0.1, 0.15) is 13.2 Å². The van der Waals surface area contributed by atoms with E-state index in [1.54, 1.807) is 0 Å². The van der Waals surface area contributed by atoms with Crippen LogP contribution in [0.2, 0.25) is 0 Å². The minimum atomic E-state index is -1.04. The van der Waals surface area contributed by atoms with Gasteiger partial charge in [-0.3, -0.25) is 9.59 Å². The van der Waals surface area contributed by atoms with Crippen LogP contribution in [-0.2, 0) is 14.3 Å². The second kappa shape index (κ2) is 10.3. The average molecular weight is 465 g/mol. The zero-order valence-corrected chi connectivity index (χ0v) is 19.6. The highest BCUT2D eigenvalue weighted by Crippen LogP contribution is 2.44. The van der Waals surface area contributed by atoms with Crippen LogP contribution in [-0.4, -0.2) is 53.2 Å². The van der Waals surface area contributed by atoms with Crippen LogP contribution in [0.5, 0.6) is 0 Å². The van der Waals surface area contributed by atoms with Gasteiger partial charge in [-0.15, -0.1) is 0 Å². The van der Waals surface area contributed by atoms with Crippen molar-refractivity contribution in [2.24, 2.45) is 0 Å². The van der Waals surface area contributed by atoms with E-state index in [4.69, 9.17) is 9.84 Å². The summed E-state index contributed by atoms with van der Waals surface area (Å²) in [5, 5.41) is 12.1. The number of carbonyl (C=O) groups is 3. The first-order valence-electron chi connectivity index (χ1n) is 12.1. The van der Waals surface area contributed by atoms with Gasteiger partial charge in [-0.05, 0) is 41.5 Å².